The van der Waals surface area contributed by atoms with Crippen molar-refractivity contribution in [1.82, 2.24) is 10.2 Å². The van der Waals surface area contributed by atoms with E-state index in [0.717, 1.165) is 4.90 Å². The number of piperidine rings is 1. The monoisotopic (exact) mass is 317 g/mol. The maximum absolute atomic E-state index is 12.5. The summed E-state index contributed by atoms with van der Waals surface area (Å²) in [4.78, 5) is 49.0. The third kappa shape index (κ3) is 2.57. The highest BCUT2D eigenvalue weighted by Crippen LogP contribution is 2.30. The van der Waals surface area contributed by atoms with Crippen molar-refractivity contribution in [2.24, 2.45) is 5.73 Å². The molecule has 120 valence electrons. The Morgan fingerprint density at radius 2 is 1.91 bits per heavy atom. The van der Waals surface area contributed by atoms with E-state index in [-0.39, 0.29) is 30.6 Å². The third-order valence-corrected chi connectivity index (χ3v) is 3.80. The number of fused-ring (bicyclic) bond motifs is 1. The molecule has 1 saturated heterocycles. The fourth-order valence-electron chi connectivity index (χ4n) is 2.72. The van der Waals surface area contributed by atoms with Crippen LogP contribution in [0.1, 0.15) is 33.6 Å². The Hall–Kier alpha value is -2.74. The number of imide groups is 2. The van der Waals surface area contributed by atoms with Gasteiger partial charge in [0.15, 0.2) is 0 Å². The number of ether oxygens (including phenoxy) is 1. The molecule has 2 aliphatic heterocycles. The second-order valence-corrected chi connectivity index (χ2v) is 5.29. The molecule has 0 aromatic heterocycles. The first-order valence-corrected chi connectivity index (χ1v) is 7.21. The predicted molar refractivity (Wildman–Crippen MR) is 77.7 cm³/mol. The standard InChI is InChI=1S/C15H15N3O5/c16-5-6-23-8-1-2-9-10(7-8)15(22)18(14(9)21)11-3-4-12(19)17-13(11)20/h1-2,7,11H,3-6,16H2,(H,17,19,20). The van der Waals surface area contributed by atoms with E-state index in [1.54, 1.807) is 6.07 Å². The van der Waals surface area contributed by atoms with Crippen LogP contribution in [0, 0.1) is 0 Å². The lowest BCUT2D eigenvalue weighted by Gasteiger charge is -2.27. The van der Waals surface area contributed by atoms with E-state index in [1.807, 2.05) is 0 Å². The summed E-state index contributed by atoms with van der Waals surface area (Å²) in [5.41, 5.74) is 5.77. The number of nitrogens with two attached hydrogens (primary N) is 1. The molecule has 1 aromatic carbocycles. The first-order chi connectivity index (χ1) is 11.0. The van der Waals surface area contributed by atoms with Gasteiger partial charge in [-0.1, -0.05) is 0 Å². The molecule has 3 rings (SSSR count). The van der Waals surface area contributed by atoms with E-state index in [4.69, 9.17) is 10.5 Å². The van der Waals surface area contributed by atoms with Crippen LogP contribution in [-0.2, 0) is 9.59 Å². The Morgan fingerprint density at radius 1 is 1.17 bits per heavy atom. The average molecular weight is 317 g/mol. The molecule has 1 atom stereocenters. The number of amides is 4. The highest BCUT2D eigenvalue weighted by atomic mass is 16.5. The van der Waals surface area contributed by atoms with Gasteiger partial charge in [-0.15, -0.1) is 0 Å². The number of rotatable bonds is 4. The summed E-state index contributed by atoms with van der Waals surface area (Å²) in [6.45, 7) is 0.615. The van der Waals surface area contributed by atoms with E-state index in [9.17, 15) is 19.2 Å². The van der Waals surface area contributed by atoms with Crippen LogP contribution in [0.15, 0.2) is 18.2 Å². The molecular formula is C15H15N3O5. The van der Waals surface area contributed by atoms with Crippen molar-refractivity contribution < 1.29 is 23.9 Å². The van der Waals surface area contributed by atoms with Crippen molar-refractivity contribution in [3.63, 3.8) is 0 Å². The quantitative estimate of drug-likeness (QED) is 0.718. The Balaban J connectivity index is 1.88. The van der Waals surface area contributed by atoms with Gasteiger partial charge in [0, 0.05) is 13.0 Å². The van der Waals surface area contributed by atoms with E-state index >= 15 is 0 Å². The van der Waals surface area contributed by atoms with Crippen LogP contribution in [0.2, 0.25) is 0 Å². The zero-order valence-corrected chi connectivity index (χ0v) is 12.2. The summed E-state index contributed by atoms with van der Waals surface area (Å²) < 4.78 is 5.35. The second kappa shape index (κ2) is 5.81. The van der Waals surface area contributed by atoms with Gasteiger partial charge < -0.3 is 10.5 Å². The summed E-state index contributed by atoms with van der Waals surface area (Å²) in [5, 5.41) is 2.15. The SMILES string of the molecule is NCCOc1ccc2c(c1)C(=O)N(C1CCC(=O)NC1=O)C2=O. The molecule has 0 saturated carbocycles. The molecule has 8 nitrogen and oxygen atoms in total. The van der Waals surface area contributed by atoms with Crippen LogP contribution in [-0.4, -0.2) is 47.7 Å². The van der Waals surface area contributed by atoms with E-state index in [2.05, 4.69) is 5.32 Å². The van der Waals surface area contributed by atoms with Crippen molar-refractivity contribution in [3.05, 3.63) is 29.3 Å². The van der Waals surface area contributed by atoms with Gasteiger partial charge in [0.2, 0.25) is 11.8 Å². The molecule has 0 radical (unpaired) electrons. The molecule has 2 aliphatic rings. The van der Waals surface area contributed by atoms with Crippen LogP contribution in [0.3, 0.4) is 0 Å². The van der Waals surface area contributed by atoms with Crippen molar-refractivity contribution in [2.75, 3.05) is 13.2 Å². The van der Waals surface area contributed by atoms with Gasteiger partial charge in [-0.3, -0.25) is 29.4 Å². The maximum Gasteiger partial charge on any atom is 0.262 e. The van der Waals surface area contributed by atoms with Gasteiger partial charge in [0.1, 0.15) is 18.4 Å². The fourth-order valence-corrected chi connectivity index (χ4v) is 2.72. The minimum absolute atomic E-state index is 0.0919. The molecule has 8 heteroatoms. The summed E-state index contributed by atoms with van der Waals surface area (Å²) in [6.07, 6.45) is 0.224. The van der Waals surface area contributed by atoms with Crippen LogP contribution in [0.4, 0.5) is 0 Å². The van der Waals surface area contributed by atoms with Gasteiger partial charge in [0.25, 0.3) is 11.8 Å². The van der Waals surface area contributed by atoms with Crippen LogP contribution in [0.5, 0.6) is 5.75 Å². The van der Waals surface area contributed by atoms with Crippen molar-refractivity contribution in [3.8, 4) is 5.75 Å². The lowest BCUT2D eigenvalue weighted by molar-refractivity contribution is -0.136. The van der Waals surface area contributed by atoms with Crippen molar-refractivity contribution in [2.45, 2.75) is 18.9 Å². The molecule has 23 heavy (non-hydrogen) atoms. The van der Waals surface area contributed by atoms with E-state index in [0.29, 0.717) is 12.3 Å². The molecule has 0 spiro atoms. The van der Waals surface area contributed by atoms with Gasteiger partial charge >= 0.3 is 0 Å². The fraction of sp³-hybridized carbons (Fsp3) is 0.333. The summed E-state index contributed by atoms with van der Waals surface area (Å²) >= 11 is 0. The molecule has 0 aliphatic carbocycles. The van der Waals surface area contributed by atoms with Gasteiger partial charge in [-0.25, -0.2) is 0 Å². The maximum atomic E-state index is 12.5. The molecule has 2 heterocycles. The smallest absolute Gasteiger partial charge is 0.262 e. The average Bonchev–Trinajstić information content (AvgIpc) is 2.77. The third-order valence-electron chi connectivity index (χ3n) is 3.80. The van der Waals surface area contributed by atoms with Gasteiger partial charge in [-0.2, -0.15) is 0 Å². The lowest BCUT2D eigenvalue weighted by atomic mass is 10.0. The summed E-state index contributed by atoms with van der Waals surface area (Å²) in [7, 11) is 0. The molecule has 4 amide bonds. The first-order valence-electron chi connectivity index (χ1n) is 7.21. The topological polar surface area (TPSA) is 119 Å². The lowest BCUT2D eigenvalue weighted by Crippen LogP contribution is -2.54. The Kier molecular flexibility index (Phi) is 3.83. The Bertz CT molecular complexity index is 715. The molecule has 3 N–H and O–H groups in total. The molecular weight excluding hydrogens is 302 g/mol. The minimum Gasteiger partial charge on any atom is -0.492 e. The molecule has 1 fully saturated rings. The zero-order valence-electron chi connectivity index (χ0n) is 12.2. The number of nitrogens with zero attached hydrogens (tertiary/aromatic N) is 1. The van der Waals surface area contributed by atoms with Crippen molar-refractivity contribution in [1.29, 1.82) is 0 Å². The number of carbonyl (C=O) groups is 4. The molecule has 1 unspecified atom stereocenters. The highest BCUT2D eigenvalue weighted by molar-refractivity contribution is 6.23. The van der Waals surface area contributed by atoms with Crippen LogP contribution >= 0.6 is 0 Å². The van der Waals surface area contributed by atoms with Crippen LogP contribution in [0.25, 0.3) is 0 Å². The van der Waals surface area contributed by atoms with E-state index < -0.39 is 29.7 Å². The predicted octanol–water partition coefficient (Wildman–Crippen LogP) is -0.575. The largest absolute Gasteiger partial charge is 0.492 e. The molecule has 0 bridgehead atoms. The number of carbonyl (C=O) groups excluding carboxylic acids is 4. The van der Waals surface area contributed by atoms with Crippen molar-refractivity contribution >= 4 is 23.6 Å². The summed E-state index contributed by atoms with van der Waals surface area (Å²) in [6, 6.07) is 3.58. The second-order valence-electron chi connectivity index (χ2n) is 5.29. The first kappa shape index (κ1) is 15.2. The molecule has 1 aromatic rings. The van der Waals surface area contributed by atoms with Gasteiger partial charge in [-0.05, 0) is 24.6 Å². The number of hydrogen-bond donors (Lipinski definition) is 2. The number of nitrogens with one attached hydrogen (secondary N) is 1. The normalized spacial score (nSPS) is 20.6. The Labute approximate surface area is 131 Å². The van der Waals surface area contributed by atoms with Gasteiger partial charge in [0.05, 0.1) is 11.1 Å². The van der Waals surface area contributed by atoms with Crippen LogP contribution < -0.4 is 15.8 Å². The zero-order chi connectivity index (χ0) is 16.6. The van der Waals surface area contributed by atoms with E-state index in [1.165, 1.54) is 12.1 Å². The highest BCUT2D eigenvalue weighted by Gasteiger charge is 2.44. The number of hydrogen-bond acceptors (Lipinski definition) is 6. The Morgan fingerprint density at radius 3 is 2.61 bits per heavy atom. The minimum atomic E-state index is -0.964. The summed E-state index contributed by atoms with van der Waals surface area (Å²) in [5.74, 6) is -1.70. The number of benzene rings is 1.